The summed E-state index contributed by atoms with van der Waals surface area (Å²) in [5, 5.41) is 2.95. The molecule has 0 aliphatic carbocycles. The van der Waals surface area contributed by atoms with Crippen molar-refractivity contribution in [3.8, 4) is 11.5 Å². The molecular formula is C25H34N2O4. The maximum atomic E-state index is 13.1. The third-order valence-corrected chi connectivity index (χ3v) is 4.86. The number of nitrogens with zero attached hydrogens (tertiary/aromatic N) is 1. The average Bonchev–Trinajstić information content (AvgIpc) is 2.69. The molecule has 2 amide bonds. The molecule has 6 heteroatoms. The van der Waals surface area contributed by atoms with Gasteiger partial charge in [0.15, 0.2) is 6.61 Å². The van der Waals surface area contributed by atoms with E-state index in [0.717, 1.165) is 22.4 Å². The van der Waals surface area contributed by atoms with E-state index in [0.29, 0.717) is 5.75 Å². The number of amides is 2. The van der Waals surface area contributed by atoms with Gasteiger partial charge in [-0.2, -0.15) is 0 Å². The predicted molar refractivity (Wildman–Crippen MR) is 122 cm³/mol. The lowest BCUT2D eigenvalue weighted by atomic mass is 10.1. The SMILES string of the molecule is COc1ccc(CN(C(=O)COc2ccc(C)cc2C)[C@@H](C)C(=O)NC(C)(C)C)cc1. The normalized spacial score (nSPS) is 12.1. The van der Waals surface area contributed by atoms with Gasteiger partial charge in [-0.25, -0.2) is 0 Å². The van der Waals surface area contributed by atoms with Crippen LogP contribution in [-0.4, -0.2) is 42.0 Å². The molecule has 0 heterocycles. The Morgan fingerprint density at radius 2 is 1.71 bits per heavy atom. The Balaban J connectivity index is 2.19. The zero-order chi connectivity index (χ0) is 23.2. The van der Waals surface area contributed by atoms with Crippen LogP contribution in [0.5, 0.6) is 11.5 Å². The summed E-state index contributed by atoms with van der Waals surface area (Å²) < 4.78 is 11.0. The third kappa shape index (κ3) is 7.31. The molecule has 0 radical (unpaired) electrons. The van der Waals surface area contributed by atoms with Crippen LogP contribution < -0.4 is 14.8 Å². The Hall–Kier alpha value is -3.02. The highest BCUT2D eigenvalue weighted by Gasteiger charge is 2.28. The number of rotatable bonds is 8. The van der Waals surface area contributed by atoms with Crippen molar-refractivity contribution in [2.75, 3.05) is 13.7 Å². The molecule has 0 saturated carbocycles. The maximum Gasteiger partial charge on any atom is 0.261 e. The van der Waals surface area contributed by atoms with Gasteiger partial charge in [-0.15, -0.1) is 0 Å². The number of methoxy groups -OCH3 is 1. The van der Waals surface area contributed by atoms with Crippen molar-refractivity contribution in [1.82, 2.24) is 10.2 Å². The Kier molecular flexibility index (Phi) is 8.08. The van der Waals surface area contributed by atoms with Gasteiger partial charge in [0.25, 0.3) is 5.91 Å². The lowest BCUT2D eigenvalue weighted by Crippen LogP contribution is -2.53. The van der Waals surface area contributed by atoms with Crippen molar-refractivity contribution in [3.05, 3.63) is 59.2 Å². The van der Waals surface area contributed by atoms with Gasteiger partial charge < -0.3 is 19.7 Å². The Morgan fingerprint density at radius 3 is 2.26 bits per heavy atom. The van der Waals surface area contributed by atoms with E-state index in [4.69, 9.17) is 9.47 Å². The molecule has 2 aromatic rings. The molecule has 0 unspecified atom stereocenters. The smallest absolute Gasteiger partial charge is 0.261 e. The zero-order valence-electron chi connectivity index (χ0n) is 19.6. The number of carbonyl (C=O) groups excluding carboxylic acids is 2. The molecule has 1 atom stereocenters. The van der Waals surface area contributed by atoms with Crippen LogP contribution in [0.2, 0.25) is 0 Å². The van der Waals surface area contributed by atoms with Crippen molar-refractivity contribution in [3.63, 3.8) is 0 Å². The fraction of sp³-hybridized carbons (Fsp3) is 0.440. The first-order valence-corrected chi connectivity index (χ1v) is 10.4. The predicted octanol–water partition coefficient (Wildman–Crippen LogP) is 4.02. The molecule has 0 fully saturated rings. The number of hydrogen-bond acceptors (Lipinski definition) is 4. The number of ether oxygens (including phenoxy) is 2. The molecule has 0 aliphatic heterocycles. The Bertz CT molecular complexity index is 901. The zero-order valence-corrected chi connectivity index (χ0v) is 19.6. The van der Waals surface area contributed by atoms with E-state index in [1.54, 1.807) is 18.9 Å². The van der Waals surface area contributed by atoms with Gasteiger partial charge in [0.1, 0.15) is 17.5 Å². The monoisotopic (exact) mass is 426 g/mol. The first kappa shape index (κ1) is 24.3. The van der Waals surface area contributed by atoms with Gasteiger partial charge in [-0.05, 0) is 70.9 Å². The number of hydrogen-bond donors (Lipinski definition) is 1. The number of nitrogens with one attached hydrogen (secondary N) is 1. The summed E-state index contributed by atoms with van der Waals surface area (Å²) in [6, 6.07) is 12.6. The quantitative estimate of drug-likeness (QED) is 0.692. The van der Waals surface area contributed by atoms with Crippen LogP contribution in [0.15, 0.2) is 42.5 Å². The number of benzene rings is 2. The molecule has 0 aliphatic rings. The van der Waals surface area contributed by atoms with Gasteiger partial charge >= 0.3 is 0 Å². The molecule has 31 heavy (non-hydrogen) atoms. The molecule has 0 saturated heterocycles. The molecule has 2 rings (SSSR count). The molecule has 0 aromatic heterocycles. The fourth-order valence-corrected chi connectivity index (χ4v) is 3.17. The Morgan fingerprint density at radius 1 is 1.06 bits per heavy atom. The van der Waals surface area contributed by atoms with Crippen molar-refractivity contribution in [1.29, 1.82) is 0 Å². The number of carbonyl (C=O) groups is 2. The lowest BCUT2D eigenvalue weighted by molar-refractivity contribution is -0.142. The van der Waals surface area contributed by atoms with Crippen LogP contribution in [0, 0.1) is 13.8 Å². The van der Waals surface area contributed by atoms with Gasteiger partial charge in [0, 0.05) is 12.1 Å². The maximum absolute atomic E-state index is 13.1. The first-order chi connectivity index (χ1) is 14.5. The molecule has 0 bridgehead atoms. The molecule has 0 spiro atoms. The first-order valence-electron chi connectivity index (χ1n) is 10.4. The molecule has 1 N–H and O–H groups in total. The van der Waals surface area contributed by atoms with Crippen LogP contribution in [-0.2, 0) is 16.1 Å². The van der Waals surface area contributed by atoms with E-state index in [9.17, 15) is 9.59 Å². The van der Waals surface area contributed by atoms with Gasteiger partial charge in [-0.1, -0.05) is 29.8 Å². The summed E-state index contributed by atoms with van der Waals surface area (Å²) >= 11 is 0. The summed E-state index contributed by atoms with van der Waals surface area (Å²) in [6.07, 6.45) is 0. The Labute approximate surface area is 185 Å². The van der Waals surface area contributed by atoms with E-state index < -0.39 is 11.6 Å². The van der Waals surface area contributed by atoms with Crippen molar-refractivity contribution < 1.29 is 19.1 Å². The highest BCUT2D eigenvalue weighted by Crippen LogP contribution is 2.20. The van der Waals surface area contributed by atoms with Crippen LogP contribution in [0.25, 0.3) is 0 Å². The third-order valence-electron chi connectivity index (χ3n) is 4.86. The van der Waals surface area contributed by atoms with E-state index in [-0.39, 0.29) is 25.0 Å². The second-order valence-electron chi connectivity index (χ2n) is 8.84. The second-order valence-corrected chi connectivity index (χ2v) is 8.84. The lowest BCUT2D eigenvalue weighted by Gasteiger charge is -2.31. The van der Waals surface area contributed by atoms with Crippen molar-refractivity contribution >= 4 is 11.8 Å². The van der Waals surface area contributed by atoms with Crippen molar-refractivity contribution in [2.24, 2.45) is 0 Å². The molecular weight excluding hydrogens is 392 g/mol. The largest absolute Gasteiger partial charge is 0.497 e. The molecule has 168 valence electrons. The van der Waals surface area contributed by atoms with Gasteiger partial charge in [0.05, 0.1) is 7.11 Å². The van der Waals surface area contributed by atoms with Gasteiger partial charge in [0.2, 0.25) is 5.91 Å². The van der Waals surface area contributed by atoms with Crippen LogP contribution in [0.4, 0.5) is 0 Å². The molecule has 6 nitrogen and oxygen atoms in total. The summed E-state index contributed by atoms with van der Waals surface area (Å²) in [5.74, 6) is 0.932. The van der Waals surface area contributed by atoms with E-state index in [1.165, 1.54) is 0 Å². The highest BCUT2D eigenvalue weighted by molar-refractivity contribution is 5.88. The van der Waals surface area contributed by atoms with Gasteiger partial charge in [-0.3, -0.25) is 9.59 Å². The fourth-order valence-electron chi connectivity index (χ4n) is 3.17. The van der Waals surface area contributed by atoms with E-state index in [2.05, 4.69) is 5.32 Å². The van der Waals surface area contributed by atoms with Crippen LogP contribution >= 0.6 is 0 Å². The summed E-state index contributed by atoms with van der Waals surface area (Å²) in [7, 11) is 1.61. The van der Waals surface area contributed by atoms with Crippen LogP contribution in [0.1, 0.15) is 44.4 Å². The van der Waals surface area contributed by atoms with Crippen LogP contribution in [0.3, 0.4) is 0 Å². The summed E-state index contributed by atoms with van der Waals surface area (Å²) in [4.78, 5) is 27.5. The standard InChI is InChI=1S/C25H34N2O4/c1-17-8-13-22(18(2)14-17)31-16-23(28)27(19(3)24(29)26-25(4,5)6)15-20-9-11-21(30-7)12-10-20/h8-14,19H,15-16H2,1-7H3,(H,26,29)/t19-/m0/s1. The summed E-state index contributed by atoms with van der Waals surface area (Å²) in [6.45, 7) is 11.6. The minimum Gasteiger partial charge on any atom is -0.497 e. The van der Waals surface area contributed by atoms with E-state index >= 15 is 0 Å². The van der Waals surface area contributed by atoms with E-state index in [1.807, 2.05) is 77.1 Å². The second kappa shape index (κ2) is 10.3. The number of aryl methyl sites for hydroxylation is 2. The molecule has 2 aromatic carbocycles. The highest BCUT2D eigenvalue weighted by atomic mass is 16.5. The summed E-state index contributed by atoms with van der Waals surface area (Å²) in [5.41, 5.74) is 2.60. The van der Waals surface area contributed by atoms with Crippen molar-refractivity contribution in [2.45, 2.75) is 59.7 Å². The minimum atomic E-state index is -0.656. The minimum absolute atomic E-state index is 0.146. The average molecular weight is 427 g/mol. The topological polar surface area (TPSA) is 67.9 Å².